The number of rotatable bonds is 4. The van der Waals surface area contributed by atoms with Crippen molar-refractivity contribution < 1.29 is 14.3 Å². The van der Waals surface area contributed by atoms with E-state index in [1.165, 1.54) is 6.92 Å². The van der Waals surface area contributed by atoms with Gasteiger partial charge in [0.1, 0.15) is 5.75 Å². The van der Waals surface area contributed by atoms with E-state index in [-0.39, 0.29) is 24.4 Å². The lowest BCUT2D eigenvalue weighted by atomic mass is 10.1. The molecule has 2 atom stereocenters. The Morgan fingerprint density at radius 3 is 2.62 bits per heavy atom. The van der Waals surface area contributed by atoms with E-state index in [0.717, 1.165) is 11.3 Å². The standard InChI is InChI=1S/C22H22N4O3/c1-15(17-7-9-18(10-8-17)25-12-11-23-14-25)24-22(28)21-13-26(16(2)27)19-5-3-4-6-20(19)29-21/h3-12,14-15,21H,13H2,1-2H3,(H,24,28)/t15-,21-/m1/s1. The molecule has 1 aliphatic rings. The summed E-state index contributed by atoms with van der Waals surface area (Å²) in [6.07, 6.45) is 4.57. The van der Waals surface area contributed by atoms with Crippen LogP contribution in [0.15, 0.2) is 67.3 Å². The summed E-state index contributed by atoms with van der Waals surface area (Å²) in [6, 6.07) is 14.9. The van der Waals surface area contributed by atoms with Crippen LogP contribution in [0.25, 0.3) is 5.69 Å². The number of fused-ring (bicyclic) bond motifs is 1. The first-order valence-corrected chi connectivity index (χ1v) is 9.45. The number of anilines is 1. The molecule has 4 rings (SSSR count). The molecule has 0 radical (unpaired) electrons. The molecule has 7 nitrogen and oxygen atoms in total. The third kappa shape index (κ3) is 3.85. The van der Waals surface area contributed by atoms with Crippen LogP contribution in [-0.2, 0) is 9.59 Å². The Morgan fingerprint density at radius 1 is 1.17 bits per heavy atom. The topological polar surface area (TPSA) is 76.5 Å². The molecular formula is C22H22N4O3. The largest absolute Gasteiger partial charge is 0.477 e. The van der Waals surface area contributed by atoms with Crippen LogP contribution < -0.4 is 15.0 Å². The lowest BCUT2D eigenvalue weighted by molar-refractivity contribution is -0.129. The molecule has 0 fully saturated rings. The third-order valence-corrected chi connectivity index (χ3v) is 5.00. The van der Waals surface area contributed by atoms with Crippen LogP contribution in [0.1, 0.15) is 25.5 Å². The monoisotopic (exact) mass is 390 g/mol. The Bertz CT molecular complexity index is 1010. The average Bonchev–Trinajstić information content (AvgIpc) is 3.27. The van der Waals surface area contributed by atoms with Gasteiger partial charge in [-0.05, 0) is 36.8 Å². The molecule has 2 aromatic carbocycles. The summed E-state index contributed by atoms with van der Waals surface area (Å²) < 4.78 is 7.78. The number of benzene rings is 2. The van der Waals surface area contributed by atoms with Gasteiger partial charge in [0.15, 0.2) is 6.10 Å². The van der Waals surface area contributed by atoms with Crippen molar-refractivity contribution in [3.8, 4) is 11.4 Å². The van der Waals surface area contributed by atoms with Crippen LogP contribution in [0.4, 0.5) is 5.69 Å². The average molecular weight is 390 g/mol. The summed E-state index contributed by atoms with van der Waals surface area (Å²) in [6.45, 7) is 3.59. The summed E-state index contributed by atoms with van der Waals surface area (Å²) in [4.78, 5) is 30.5. The zero-order chi connectivity index (χ0) is 20.4. The summed E-state index contributed by atoms with van der Waals surface area (Å²) in [5.74, 6) is 0.157. The maximum absolute atomic E-state index is 12.8. The number of amides is 2. The van der Waals surface area contributed by atoms with E-state index in [4.69, 9.17) is 4.74 Å². The van der Waals surface area contributed by atoms with Gasteiger partial charge in [0.25, 0.3) is 5.91 Å². The van der Waals surface area contributed by atoms with Crippen LogP contribution >= 0.6 is 0 Å². The quantitative estimate of drug-likeness (QED) is 0.743. The van der Waals surface area contributed by atoms with Crippen LogP contribution in [0.3, 0.4) is 0 Å². The second-order valence-corrected chi connectivity index (χ2v) is 7.00. The molecule has 0 unspecified atom stereocenters. The molecule has 0 bridgehead atoms. The minimum absolute atomic E-state index is 0.123. The molecule has 148 valence electrons. The van der Waals surface area contributed by atoms with Gasteiger partial charge < -0.3 is 19.5 Å². The van der Waals surface area contributed by atoms with E-state index in [9.17, 15) is 9.59 Å². The third-order valence-electron chi connectivity index (χ3n) is 5.00. The lowest BCUT2D eigenvalue weighted by Crippen LogP contribution is -2.50. The number of carbonyl (C=O) groups excluding carboxylic acids is 2. The van der Waals surface area contributed by atoms with Crippen LogP contribution in [0, 0.1) is 0 Å². The molecule has 2 heterocycles. The molecule has 7 heteroatoms. The van der Waals surface area contributed by atoms with Gasteiger partial charge in [0, 0.05) is 25.0 Å². The van der Waals surface area contributed by atoms with E-state index >= 15 is 0 Å². The van der Waals surface area contributed by atoms with E-state index in [1.807, 2.05) is 60.2 Å². The maximum atomic E-state index is 12.8. The van der Waals surface area contributed by atoms with E-state index in [2.05, 4.69) is 10.3 Å². The van der Waals surface area contributed by atoms with Crippen molar-refractivity contribution in [2.45, 2.75) is 26.0 Å². The van der Waals surface area contributed by atoms with Gasteiger partial charge in [-0.3, -0.25) is 9.59 Å². The number of hydrogen-bond donors (Lipinski definition) is 1. The number of imidazole rings is 1. The van der Waals surface area contributed by atoms with Gasteiger partial charge in [-0.1, -0.05) is 24.3 Å². The summed E-state index contributed by atoms with van der Waals surface area (Å²) in [5, 5.41) is 2.99. The van der Waals surface area contributed by atoms with Gasteiger partial charge >= 0.3 is 0 Å². The zero-order valence-electron chi connectivity index (χ0n) is 16.3. The minimum atomic E-state index is -0.763. The van der Waals surface area contributed by atoms with Crippen molar-refractivity contribution in [2.75, 3.05) is 11.4 Å². The van der Waals surface area contributed by atoms with Gasteiger partial charge in [-0.25, -0.2) is 4.98 Å². The van der Waals surface area contributed by atoms with Gasteiger partial charge in [-0.15, -0.1) is 0 Å². The molecule has 0 aliphatic carbocycles. The number of ether oxygens (including phenoxy) is 1. The number of nitrogens with zero attached hydrogens (tertiary/aromatic N) is 3. The fourth-order valence-electron chi connectivity index (χ4n) is 3.41. The predicted octanol–water partition coefficient (Wildman–Crippen LogP) is 2.86. The highest BCUT2D eigenvalue weighted by atomic mass is 16.5. The van der Waals surface area contributed by atoms with Crippen molar-refractivity contribution in [3.63, 3.8) is 0 Å². The van der Waals surface area contributed by atoms with Gasteiger partial charge in [0.2, 0.25) is 5.91 Å². The van der Waals surface area contributed by atoms with Crippen LogP contribution in [-0.4, -0.2) is 34.0 Å². The Morgan fingerprint density at radius 2 is 1.93 bits per heavy atom. The summed E-state index contributed by atoms with van der Waals surface area (Å²) >= 11 is 0. The van der Waals surface area contributed by atoms with Crippen molar-refractivity contribution in [2.24, 2.45) is 0 Å². The molecule has 1 aromatic heterocycles. The van der Waals surface area contributed by atoms with Gasteiger partial charge in [0.05, 0.1) is 24.6 Å². The van der Waals surface area contributed by atoms with Crippen LogP contribution in [0.5, 0.6) is 5.75 Å². The Kier molecular flexibility index (Phi) is 5.03. The number of aromatic nitrogens is 2. The zero-order valence-corrected chi connectivity index (χ0v) is 16.3. The minimum Gasteiger partial charge on any atom is -0.477 e. The van der Waals surface area contributed by atoms with Crippen molar-refractivity contribution >= 4 is 17.5 Å². The van der Waals surface area contributed by atoms with E-state index in [1.54, 1.807) is 23.5 Å². The first kappa shape index (κ1) is 18.7. The molecule has 0 saturated carbocycles. The second kappa shape index (κ2) is 7.79. The highest BCUT2D eigenvalue weighted by Crippen LogP contribution is 2.33. The molecule has 1 N–H and O–H groups in total. The Hall–Kier alpha value is -3.61. The number of carbonyl (C=O) groups is 2. The fraction of sp³-hybridized carbons (Fsp3) is 0.227. The molecule has 0 spiro atoms. The van der Waals surface area contributed by atoms with Crippen molar-refractivity contribution in [1.82, 2.24) is 14.9 Å². The normalized spacial score (nSPS) is 16.5. The van der Waals surface area contributed by atoms with E-state index in [0.29, 0.717) is 11.4 Å². The smallest absolute Gasteiger partial charge is 0.263 e. The number of para-hydroxylation sites is 2. The first-order chi connectivity index (χ1) is 14.0. The fourth-order valence-corrected chi connectivity index (χ4v) is 3.41. The predicted molar refractivity (Wildman–Crippen MR) is 109 cm³/mol. The molecule has 3 aromatic rings. The molecule has 1 aliphatic heterocycles. The second-order valence-electron chi connectivity index (χ2n) is 7.00. The van der Waals surface area contributed by atoms with E-state index < -0.39 is 6.10 Å². The Labute approximate surface area is 168 Å². The van der Waals surface area contributed by atoms with Crippen molar-refractivity contribution in [1.29, 1.82) is 0 Å². The van der Waals surface area contributed by atoms with Crippen LogP contribution in [0.2, 0.25) is 0 Å². The Balaban J connectivity index is 1.45. The highest BCUT2D eigenvalue weighted by Gasteiger charge is 2.33. The number of nitrogens with one attached hydrogen (secondary N) is 1. The molecule has 0 saturated heterocycles. The van der Waals surface area contributed by atoms with Gasteiger partial charge in [-0.2, -0.15) is 0 Å². The molecule has 29 heavy (non-hydrogen) atoms. The summed E-state index contributed by atoms with van der Waals surface area (Å²) in [5.41, 5.74) is 2.66. The lowest BCUT2D eigenvalue weighted by Gasteiger charge is -2.34. The maximum Gasteiger partial charge on any atom is 0.263 e. The number of hydrogen-bond acceptors (Lipinski definition) is 4. The highest BCUT2D eigenvalue weighted by molar-refractivity contribution is 5.95. The molecular weight excluding hydrogens is 368 g/mol. The van der Waals surface area contributed by atoms with Crippen molar-refractivity contribution in [3.05, 3.63) is 72.8 Å². The SMILES string of the molecule is CC(=O)N1C[C@H](C(=O)N[C@H](C)c2ccc(-n3ccnc3)cc2)Oc2ccccc21. The summed E-state index contributed by atoms with van der Waals surface area (Å²) in [7, 11) is 0. The molecule has 2 amide bonds. The first-order valence-electron chi connectivity index (χ1n) is 9.45.